The third-order valence-electron chi connectivity index (χ3n) is 5.28. The van der Waals surface area contributed by atoms with Crippen LogP contribution in [0.25, 0.3) is 10.8 Å². The SMILES string of the molecule is Cc1cccc(C)c1C(=N)c1ccccc1Cc1cccc2ccccc12. The highest BCUT2D eigenvalue weighted by atomic mass is 14.4. The Balaban J connectivity index is 1.79. The van der Waals surface area contributed by atoms with Gasteiger partial charge >= 0.3 is 0 Å². The lowest BCUT2D eigenvalue weighted by Crippen LogP contribution is -2.09. The first-order chi connectivity index (χ1) is 13.1. The van der Waals surface area contributed by atoms with Crippen LogP contribution in [-0.4, -0.2) is 5.71 Å². The van der Waals surface area contributed by atoms with E-state index in [1.807, 2.05) is 6.07 Å². The fourth-order valence-electron chi connectivity index (χ4n) is 3.91. The summed E-state index contributed by atoms with van der Waals surface area (Å²) in [5.41, 5.74) is 7.48. The number of aryl methyl sites for hydroxylation is 2. The molecule has 1 heteroatoms. The molecule has 4 rings (SSSR count). The molecule has 0 fully saturated rings. The summed E-state index contributed by atoms with van der Waals surface area (Å²) in [7, 11) is 0. The number of rotatable bonds is 4. The first-order valence-electron chi connectivity index (χ1n) is 9.35. The molecule has 1 N–H and O–H groups in total. The molecule has 1 nitrogen and oxygen atoms in total. The highest BCUT2D eigenvalue weighted by molar-refractivity contribution is 6.13. The van der Waals surface area contributed by atoms with Gasteiger partial charge < -0.3 is 0 Å². The van der Waals surface area contributed by atoms with Crippen LogP contribution in [-0.2, 0) is 6.42 Å². The average Bonchev–Trinajstić information content (AvgIpc) is 2.68. The minimum atomic E-state index is 0.612. The monoisotopic (exact) mass is 349 g/mol. The van der Waals surface area contributed by atoms with Crippen molar-refractivity contribution in [3.8, 4) is 0 Å². The van der Waals surface area contributed by atoms with E-state index in [1.165, 1.54) is 21.9 Å². The molecule has 0 aliphatic rings. The van der Waals surface area contributed by atoms with Crippen molar-refractivity contribution < 1.29 is 0 Å². The van der Waals surface area contributed by atoms with E-state index in [-0.39, 0.29) is 0 Å². The van der Waals surface area contributed by atoms with Gasteiger partial charge in [0.1, 0.15) is 0 Å². The summed E-state index contributed by atoms with van der Waals surface area (Å²) < 4.78 is 0. The van der Waals surface area contributed by atoms with Crippen LogP contribution in [0.2, 0.25) is 0 Å². The molecule has 0 unspecified atom stereocenters. The summed E-state index contributed by atoms with van der Waals surface area (Å²) >= 11 is 0. The lowest BCUT2D eigenvalue weighted by molar-refractivity contribution is 1.20. The van der Waals surface area contributed by atoms with Gasteiger partial charge in [-0.05, 0) is 53.3 Å². The first-order valence-corrected chi connectivity index (χ1v) is 9.35. The Labute approximate surface area is 160 Å². The van der Waals surface area contributed by atoms with E-state index in [0.29, 0.717) is 5.71 Å². The Morgan fingerprint density at radius 3 is 2.07 bits per heavy atom. The van der Waals surface area contributed by atoms with Crippen molar-refractivity contribution in [3.05, 3.63) is 118 Å². The van der Waals surface area contributed by atoms with Gasteiger partial charge in [0.25, 0.3) is 0 Å². The second-order valence-electron chi connectivity index (χ2n) is 7.11. The van der Waals surface area contributed by atoms with Crippen molar-refractivity contribution in [2.45, 2.75) is 20.3 Å². The van der Waals surface area contributed by atoms with Crippen LogP contribution in [0.4, 0.5) is 0 Å². The summed E-state index contributed by atoms with van der Waals surface area (Å²) in [6, 6.07) is 29.6. The van der Waals surface area contributed by atoms with Crippen molar-refractivity contribution in [2.75, 3.05) is 0 Å². The zero-order valence-electron chi connectivity index (χ0n) is 15.8. The molecule has 0 aromatic heterocycles. The van der Waals surface area contributed by atoms with Crippen LogP contribution in [0.1, 0.15) is 33.4 Å². The van der Waals surface area contributed by atoms with Crippen LogP contribution < -0.4 is 0 Å². The molecule has 0 atom stereocenters. The summed E-state index contributed by atoms with van der Waals surface area (Å²) in [5.74, 6) is 0. The minimum absolute atomic E-state index is 0.612. The topological polar surface area (TPSA) is 23.9 Å². The average molecular weight is 349 g/mol. The van der Waals surface area contributed by atoms with Crippen molar-refractivity contribution >= 4 is 16.5 Å². The van der Waals surface area contributed by atoms with Crippen LogP contribution in [0.5, 0.6) is 0 Å². The van der Waals surface area contributed by atoms with Crippen LogP contribution >= 0.6 is 0 Å². The molecule has 0 aliphatic heterocycles. The Hall–Kier alpha value is -3.19. The van der Waals surface area contributed by atoms with Crippen molar-refractivity contribution in [1.82, 2.24) is 0 Å². The molecule has 0 amide bonds. The predicted molar refractivity (Wildman–Crippen MR) is 115 cm³/mol. The fraction of sp³-hybridized carbons (Fsp3) is 0.115. The predicted octanol–water partition coefficient (Wildman–Crippen LogP) is 6.46. The summed E-state index contributed by atoms with van der Waals surface area (Å²) in [6.07, 6.45) is 0.824. The summed E-state index contributed by atoms with van der Waals surface area (Å²) in [4.78, 5) is 0. The standard InChI is InChI=1S/C26H23N/c1-18-9-7-10-19(2)25(18)26(27)24-16-6-4-12-22(24)17-21-14-8-13-20-11-3-5-15-23(20)21/h3-16,27H,17H2,1-2H3. The molecule has 27 heavy (non-hydrogen) atoms. The van der Waals surface area contributed by atoms with E-state index in [0.717, 1.165) is 28.7 Å². The Kier molecular flexibility index (Phi) is 4.60. The van der Waals surface area contributed by atoms with Crippen LogP contribution in [0.3, 0.4) is 0 Å². The van der Waals surface area contributed by atoms with Crippen molar-refractivity contribution in [3.63, 3.8) is 0 Å². The summed E-state index contributed by atoms with van der Waals surface area (Å²) in [5, 5.41) is 11.5. The largest absolute Gasteiger partial charge is 0.300 e. The van der Waals surface area contributed by atoms with E-state index < -0.39 is 0 Å². The fourth-order valence-corrected chi connectivity index (χ4v) is 3.91. The molecule has 0 bridgehead atoms. The van der Waals surface area contributed by atoms with Gasteiger partial charge in [-0.25, -0.2) is 0 Å². The second-order valence-corrected chi connectivity index (χ2v) is 7.11. The number of fused-ring (bicyclic) bond motifs is 1. The lowest BCUT2D eigenvalue weighted by Gasteiger charge is -2.15. The first kappa shape index (κ1) is 17.2. The third kappa shape index (κ3) is 3.29. The van der Waals surface area contributed by atoms with E-state index in [4.69, 9.17) is 5.41 Å². The number of hydrogen-bond acceptors (Lipinski definition) is 1. The van der Waals surface area contributed by atoms with Crippen molar-refractivity contribution in [2.24, 2.45) is 0 Å². The van der Waals surface area contributed by atoms with Gasteiger partial charge in [0, 0.05) is 11.1 Å². The maximum Gasteiger partial charge on any atom is 0.0692 e. The highest BCUT2D eigenvalue weighted by Gasteiger charge is 2.14. The van der Waals surface area contributed by atoms with Gasteiger partial charge in [-0.15, -0.1) is 0 Å². The molecule has 0 aliphatic carbocycles. The molecule has 0 spiro atoms. The zero-order valence-corrected chi connectivity index (χ0v) is 15.8. The maximum absolute atomic E-state index is 8.92. The van der Waals surface area contributed by atoms with E-state index in [1.54, 1.807) is 0 Å². The van der Waals surface area contributed by atoms with E-state index >= 15 is 0 Å². The van der Waals surface area contributed by atoms with Gasteiger partial charge in [-0.2, -0.15) is 0 Å². The Morgan fingerprint density at radius 1 is 0.667 bits per heavy atom. The normalized spacial score (nSPS) is 10.9. The van der Waals surface area contributed by atoms with Gasteiger partial charge in [-0.3, -0.25) is 5.41 Å². The molecule has 4 aromatic rings. The highest BCUT2D eigenvalue weighted by Crippen LogP contribution is 2.25. The van der Waals surface area contributed by atoms with Gasteiger partial charge in [0.05, 0.1) is 5.71 Å². The lowest BCUT2D eigenvalue weighted by atomic mass is 9.89. The minimum Gasteiger partial charge on any atom is -0.300 e. The molecule has 0 saturated carbocycles. The van der Waals surface area contributed by atoms with Gasteiger partial charge in [0.15, 0.2) is 0 Å². The molecule has 0 radical (unpaired) electrons. The molecule has 132 valence electrons. The molecular weight excluding hydrogens is 326 g/mol. The van der Waals surface area contributed by atoms with Crippen LogP contribution in [0.15, 0.2) is 84.9 Å². The molecule has 4 aromatic carbocycles. The maximum atomic E-state index is 8.92. The molecule has 0 saturated heterocycles. The van der Waals surface area contributed by atoms with Gasteiger partial charge in [-0.1, -0.05) is 84.9 Å². The third-order valence-corrected chi connectivity index (χ3v) is 5.28. The Bertz CT molecular complexity index is 1110. The van der Waals surface area contributed by atoms with Crippen molar-refractivity contribution in [1.29, 1.82) is 5.41 Å². The number of nitrogens with one attached hydrogen (secondary N) is 1. The molecule has 0 heterocycles. The van der Waals surface area contributed by atoms with Gasteiger partial charge in [0.2, 0.25) is 0 Å². The number of hydrogen-bond donors (Lipinski definition) is 1. The van der Waals surface area contributed by atoms with Crippen LogP contribution in [0, 0.1) is 19.3 Å². The number of benzene rings is 4. The van der Waals surface area contributed by atoms with E-state index in [2.05, 4.69) is 92.7 Å². The smallest absolute Gasteiger partial charge is 0.0692 e. The van der Waals surface area contributed by atoms with E-state index in [9.17, 15) is 0 Å². The molecular formula is C26H23N. The Morgan fingerprint density at radius 2 is 1.26 bits per heavy atom. The second kappa shape index (κ2) is 7.20. The summed E-state index contributed by atoms with van der Waals surface area (Å²) in [6.45, 7) is 4.17. The zero-order chi connectivity index (χ0) is 18.8. The quantitative estimate of drug-likeness (QED) is 0.409.